The van der Waals surface area contributed by atoms with Crippen molar-refractivity contribution in [1.82, 2.24) is 0 Å². The molecule has 288 valence electrons. The Morgan fingerprint density at radius 1 is 0.128 bits per heavy atom. The van der Waals surface area contributed by atoms with E-state index in [-0.39, 0.29) is 29.8 Å². The summed E-state index contributed by atoms with van der Waals surface area (Å²) in [5.74, 6) is 0. The molecule has 0 aliphatic heterocycles. The van der Waals surface area contributed by atoms with Crippen molar-refractivity contribution in [2.75, 3.05) is 0 Å². The minimum atomic E-state index is -6.00. The van der Waals surface area contributed by atoms with E-state index in [9.17, 15) is 155 Å². The summed E-state index contributed by atoms with van der Waals surface area (Å²) in [6, 6.07) is 0. The van der Waals surface area contributed by atoms with Gasteiger partial charge in [0.25, 0.3) is 0 Å². The zero-order chi connectivity index (χ0) is 40.5. The van der Waals surface area contributed by atoms with Crippen molar-refractivity contribution in [1.29, 1.82) is 0 Å². The summed E-state index contributed by atoms with van der Waals surface area (Å²) in [6.45, 7) is 0. The molecule has 0 aromatic heterocycles. The summed E-state index contributed by atoms with van der Waals surface area (Å²) in [5, 5.41) is 0. The largest absolute Gasteiger partial charge is 5.00 e. The molecule has 0 aromatic rings. The van der Waals surface area contributed by atoms with Gasteiger partial charge in [0.1, 0.15) is 0 Å². The zero-order valence-electron chi connectivity index (χ0n) is 19.8. The molecule has 0 atom stereocenters. The van der Waals surface area contributed by atoms with E-state index >= 15 is 0 Å². The van der Waals surface area contributed by atoms with E-state index in [0.717, 1.165) is 0 Å². The van der Waals surface area contributed by atoms with Gasteiger partial charge in [-0.2, -0.15) is 0 Å². The second-order valence-electron chi connectivity index (χ2n) is 4.45. The first-order valence-electron chi connectivity index (χ1n) is 7.86. The van der Waals surface area contributed by atoms with Gasteiger partial charge in [0.15, 0.2) is 0 Å². The van der Waals surface area contributed by atoms with Crippen molar-refractivity contribution in [3.05, 3.63) is 7.43 Å². The molecular formula is CB9F36Ta. The van der Waals surface area contributed by atoms with Crippen LogP contribution in [0.25, 0.3) is 0 Å². The molecule has 0 fully saturated rings. The maximum atomic E-state index is 9.75. The van der Waals surface area contributed by atoms with Gasteiger partial charge in [0.2, 0.25) is 0 Å². The molecule has 0 heterocycles. The van der Waals surface area contributed by atoms with E-state index < -0.39 is 65.3 Å². The normalized spacial score (nSPS) is 11.5. The van der Waals surface area contributed by atoms with E-state index in [4.69, 9.17) is 0 Å². The van der Waals surface area contributed by atoms with Gasteiger partial charge in [-0.1, -0.05) is 0 Å². The topological polar surface area (TPSA) is 0 Å². The van der Waals surface area contributed by atoms with Crippen molar-refractivity contribution in [3.8, 4) is 0 Å². The summed E-state index contributed by atoms with van der Waals surface area (Å²) in [5.41, 5.74) is 0. The van der Waals surface area contributed by atoms with Gasteiger partial charge in [-0.15, -0.1) is 0 Å². The number of hydrogen-bond acceptors (Lipinski definition) is 0. The van der Waals surface area contributed by atoms with Crippen LogP contribution in [0.15, 0.2) is 0 Å². The molecule has 0 unspecified atom stereocenters. The standard InChI is InChI=1S/C.9BF4.Ta/c;9*2-1(3,4)5;/q+4;9*-1;+5. The molecule has 0 saturated heterocycles. The van der Waals surface area contributed by atoms with Gasteiger partial charge in [0.05, 0.1) is 0 Å². The van der Waals surface area contributed by atoms with Crippen LogP contribution in [0.2, 0.25) is 0 Å². The zero-order valence-corrected chi connectivity index (χ0v) is 23.0. The third-order valence-electron chi connectivity index (χ3n) is 0. The van der Waals surface area contributed by atoms with Gasteiger partial charge in [0, 0.05) is 0 Å². The molecule has 0 amide bonds. The van der Waals surface area contributed by atoms with Crippen LogP contribution in [0, 0.1) is 7.43 Å². The second kappa shape index (κ2) is 30.8. The quantitative estimate of drug-likeness (QED) is 0.168. The first-order valence-corrected chi connectivity index (χ1v) is 7.86. The van der Waals surface area contributed by atoms with Gasteiger partial charge in [-0.05, 0) is 0 Å². The van der Waals surface area contributed by atoms with E-state index in [1.165, 1.54) is 0 Å². The average molecular weight is 974 g/mol. The number of rotatable bonds is 0. The predicted octanol–water partition coefficient (Wildman–Crippen LogP) is 11.8. The van der Waals surface area contributed by atoms with Crippen molar-refractivity contribution in [2.24, 2.45) is 0 Å². The maximum Gasteiger partial charge on any atom is 5.00 e. The molecule has 0 nitrogen and oxygen atoms in total. The van der Waals surface area contributed by atoms with Crippen LogP contribution >= 0.6 is 0 Å². The summed E-state index contributed by atoms with van der Waals surface area (Å²) in [6.07, 6.45) is 0. The Hall–Kier alpha value is -1.20. The van der Waals surface area contributed by atoms with Gasteiger partial charge in [-0.25, -0.2) is 0 Å². The first kappa shape index (κ1) is 75.9. The Morgan fingerprint density at radius 2 is 0.128 bits per heavy atom. The smallest absolute Gasteiger partial charge is 0.418 e. The summed E-state index contributed by atoms with van der Waals surface area (Å²) in [7, 11) is -54.0. The molecule has 0 radical (unpaired) electrons. The summed E-state index contributed by atoms with van der Waals surface area (Å²) < 4.78 is 351. The summed E-state index contributed by atoms with van der Waals surface area (Å²) in [4.78, 5) is 0. The molecule has 0 N–H and O–H groups in total. The molecule has 0 spiro atoms. The fourth-order valence-electron chi connectivity index (χ4n) is 0. The molecule has 47 heavy (non-hydrogen) atoms. The van der Waals surface area contributed by atoms with Crippen LogP contribution in [-0.4, -0.2) is 65.3 Å². The van der Waals surface area contributed by atoms with Gasteiger partial charge < -0.3 is 155 Å². The van der Waals surface area contributed by atoms with Crippen LogP contribution in [0.3, 0.4) is 0 Å². The van der Waals surface area contributed by atoms with Crippen LogP contribution in [0.5, 0.6) is 0 Å². The van der Waals surface area contributed by atoms with Crippen LogP contribution < -0.4 is 0 Å². The van der Waals surface area contributed by atoms with Crippen molar-refractivity contribution < 1.29 is 178 Å². The molecule has 0 aliphatic carbocycles. The van der Waals surface area contributed by atoms with E-state index in [1.807, 2.05) is 0 Å². The fraction of sp³-hybridized carbons (Fsp3) is 0. The Morgan fingerprint density at radius 3 is 0.128 bits per heavy atom. The minimum Gasteiger partial charge on any atom is -0.418 e. The van der Waals surface area contributed by atoms with Crippen LogP contribution in [0.4, 0.5) is 155 Å². The van der Waals surface area contributed by atoms with Crippen LogP contribution in [0.1, 0.15) is 0 Å². The second-order valence-corrected chi connectivity index (χ2v) is 4.45. The Kier molecular flexibility index (Phi) is 49.8. The third kappa shape index (κ3) is 57500. The molecule has 0 saturated carbocycles. The molecule has 46 heteroatoms. The number of halogens is 36. The monoisotopic (exact) mass is 976 g/mol. The van der Waals surface area contributed by atoms with Crippen molar-refractivity contribution in [2.45, 2.75) is 0 Å². The number of hydrogen-bond donors (Lipinski definition) is 0. The van der Waals surface area contributed by atoms with Gasteiger partial charge in [-0.3, -0.25) is 0 Å². The third-order valence-corrected chi connectivity index (χ3v) is 0. The summed E-state index contributed by atoms with van der Waals surface area (Å²) >= 11 is 0. The Labute approximate surface area is 251 Å². The predicted molar refractivity (Wildman–Crippen MR) is 94.9 cm³/mol. The molecular weight excluding hydrogens is 974 g/mol. The van der Waals surface area contributed by atoms with Crippen molar-refractivity contribution >= 4 is 65.3 Å². The maximum absolute atomic E-state index is 9.75. The SMILES string of the molecule is F[B-](F)(F)F.F[B-](F)(F)F.F[B-](F)(F)F.F[B-](F)(F)F.F[B-](F)(F)F.F[B-](F)(F)F.F[B-](F)(F)F.F[B-](F)(F)F.F[B-](F)(F)F.[C+4].[Ta+5]. The van der Waals surface area contributed by atoms with E-state index in [0.29, 0.717) is 0 Å². The molecule has 0 aliphatic rings. The first-order chi connectivity index (χ1) is 18.0. The molecule has 0 aromatic carbocycles. The molecule has 0 bridgehead atoms. The fourth-order valence-corrected chi connectivity index (χ4v) is 0. The minimum absolute atomic E-state index is 0. The van der Waals surface area contributed by atoms with Gasteiger partial charge >= 0.3 is 95.1 Å². The Bertz CT molecular complexity index is 357. The van der Waals surface area contributed by atoms with E-state index in [1.54, 1.807) is 0 Å². The Balaban J connectivity index is -0.0000000343. The van der Waals surface area contributed by atoms with Crippen LogP contribution in [-0.2, 0) is 22.4 Å². The van der Waals surface area contributed by atoms with Crippen molar-refractivity contribution in [3.63, 3.8) is 0 Å². The average Bonchev–Trinajstić information content (AvgIpc) is 2.26. The molecule has 0 rings (SSSR count). The van der Waals surface area contributed by atoms with E-state index in [2.05, 4.69) is 0 Å².